The van der Waals surface area contributed by atoms with E-state index >= 15 is 0 Å². The van der Waals surface area contributed by atoms with E-state index in [1.165, 1.54) is 6.42 Å². The molecule has 27 heavy (non-hydrogen) atoms. The van der Waals surface area contributed by atoms with Gasteiger partial charge in [-0.15, -0.1) is 0 Å². The Morgan fingerprint density at radius 1 is 1.04 bits per heavy atom. The van der Waals surface area contributed by atoms with Gasteiger partial charge in [0.1, 0.15) is 0 Å². The van der Waals surface area contributed by atoms with Gasteiger partial charge in [0, 0.05) is 30.3 Å². The number of hydrogen-bond acceptors (Lipinski definition) is 2. The zero-order valence-corrected chi connectivity index (χ0v) is 16.2. The summed E-state index contributed by atoms with van der Waals surface area (Å²) in [5, 5.41) is 2.95. The van der Waals surface area contributed by atoms with Crippen LogP contribution < -0.4 is 5.32 Å². The van der Waals surface area contributed by atoms with E-state index in [0.29, 0.717) is 23.7 Å². The third kappa shape index (κ3) is 4.57. The number of piperidine rings is 1. The third-order valence-electron chi connectivity index (χ3n) is 5.45. The SMILES string of the molecule is CCC1CCCCN1C(=O)c1ccc(C(=O)NCc2ccccc2C)cc1. The van der Waals surface area contributed by atoms with E-state index in [2.05, 4.69) is 12.2 Å². The minimum Gasteiger partial charge on any atom is -0.348 e. The summed E-state index contributed by atoms with van der Waals surface area (Å²) in [7, 11) is 0. The first-order valence-corrected chi connectivity index (χ1v) is 9.84. The molecule has 4 nitrogen and oxygen atoms in total. The zero-order chi connectivity index (χ0) is 19.2. The lowest BCUT2D eigenvalue weighted by Crippen LogP contribution is -2.43. The summed E-state index contributed by atoms with van der Waals surface area (Å²) >= 11 is 0. The van der Waals surface area contributed by atoms with E-state index in [1.54, 1.807) is 24.3 Å². The van der Waals surface area contributed by atoms with Crippen molar-refractivity contribution in [1.29, 1.82) is 0 Å². The van der Waals surface area contributed by atoms with E-state index in [9.17, 15) is 9.59 Å². The summed E-state index contributed by atoms with van der Waals surface area (Å²) in [6.45, 7) is 5.50. The second-order valence-corrected chi connectivity index (χ2v) is 7.24. The number of likely N-dealkylation sites (tertiary alicyclic amines) is 1. The normalized spacial score (nSPS) is 16.8. The molecular formula is C23H28N2O2. The van der Waals surface area contributed by atoms with Gasteiger partial charge in [0.15, 0.2) is 0 Å². The van der Waals surface area contributed by atoms with Crippen LogP contribution in [0.3, 0.4) is 0 Å². The third-order valence-corrected chi connectivity index (χ3v) is 5.45. The van der Waals surface area contributed by atoms with E-state index in [0.717, 1.165) is 36.9 Å². The highest BCUT2D eigenvalue weighted by Crippen LogP contribution is 2.22. The summed E-state index contributed by atoms with van der Waals surface area (Å²) in [5.41, 5.74) is 3.50. The van der Waals surface area contributed by atoms with Crippen molar-refractivity contribution in [3.05, 3.63) is 70.8 Å². The molecule has 0 saturated carbocycles. The molecule has 1 aliphatic heterocycles. The van der Waals surface area contributed by atoms with Crippen LogP contribution in [0, 0.1) is 6.92 Å². The van der Waals surface area contributed by atoms with Gasteiger partial charge in [-0.2, -0.15) is 0 Å². The van der Waals surface area contributed by atoms with Gasteiger partial charge in [0.2, 0.25) is 0 Å². The fourth-order valence-electron chi connectivity index (χ4n) is 3.71. The van der Waals surface area contributed by atoms with Crippen LogP contribution in [0.5, 0.6) is 0 Å². The molecule has 0 aromatic heterocycles. The van der Waals surface area contributed by atoms with Crippen LogP contribution in [-0.4, -0.2) is 29.3 Å². The molecule has 1 unspecified atom stereocenters. The van der Waals surface area contributed by atoms with Crippen molar-refractivity contribution in [3.63, 3.8) is 0 Å². The number of amides is 2. The Morgan fingerprint density at radius 3 is 2.44 bits per heavy atom. The highest BCUT2D eigenvalue weighted by molar-refractivity contribution is 5.98. The monoisotopic (exact) mass is 364 g/mol. The molecule has 1 saturated heterocycles. The molecule has 0 aliphatic carbocycles. The molecule has 2 amide bonds. The lowest BCUT2D eigenvalue weighted by Gasteiger charge is -2.35. The molecule has 4 heteroatoms. The number of nitrogens with zero attached hydrogens (tertiary/aromatic N) is 1. The number of aryl methyl sites for hydroxylation is 1. The van der Waals surface area contributed by atoms with Crippen molar-refractivity contribution in [2.45, 2.75) is 52.1 Å². The Kier molecular flexibility index (Phi) is 6.28. The lowest BCUT2D eigenvalue weighted by atomic mass is 9.98. The van der Waals surface area contributed by atoms with E-state index in [1.807, 2.05) is 36.1 Å². The number of carbonyl (C=O) groups is 2. The number of carbonyl (C=O) groups excluding carboxylic acids is 2. The highest BCUT2D eigenvalue weighted by atomic mass is 16.2. The molecular weight excluding hydrogens is 336 g/mol. The summed E-state index contributed by atoms with van der Waals surface area (Å²) in [6.07, 6.45) is 4.34. The first-order valence-electron chi connectivity index (χ1n) is 9.84. The first-order chi connectivity index (χ1) is 13.1. The van der Waals surface area contributed by atoms with Crippen molar-refractivity contribution in [2.24, 2.45) is 0 Å². The van der Waals surface area contributed by atoms with Gasteiger partial charge in [-0.3, -0.25) is 9.59 Å². The molecule has 0 spiro atoms. The molecule has 1 heterocycles. The summed E-state index contributed by atoms with van der Waals surface area (Å²) < 4.78 is 0. The van der Waals surface area contributed by atoms with E-state index in [-0.39, 0.29) is 11.8 Å². The van der Waals surface area contributed by atoms with Gasteiger partial charge in [0.05, 0.1) is 0 Å². The average Bonchev–Trinajstić information content (AvgIpc) is 2.72. The number of hydrogen-bond donors (Lipinski definition) is 1. The molecule has 0 radical (unpaired) electrons. The number of nitrogens with one attached hydrogen (secondary N) is 1. The predicted octanol–water partition coefficient (Wildman–Crippen LogP) is 4.33. The van der Waals surface area contributed by atoms with Gasteiger partial charge in [-0.05, 0) is 68.0 Å². The Balaban J connectivity index is 1.63. The van der Waals surface area contributed by atoms with Gasteiger partial charge >= 0.3 is 0 Å². The minimum absolute atomic E-state index is 0.0772. The lowest BCUT2D eigenvalue weighted by molar-refractivity contribution is 0.0607. The van der Waals surface area contributed by atoms with Crippen LogP contribution in [0.25, 0.3) is 0 Å². The summed E-state index contributed by atoms with van der Waals surface area (Å²) in [4.78, 5) is 27.2. The molecule has 1 aliphatic rings. The smallest absolute Gasteiger partial charge is 0.254 e. The average molecular weight is 364 g/mol. The van der Waals surface area contributed by atoms with Crippen LogP contribution in [-0.2, 0) is 6.54 Å². The molecule has 0 bridgehead atoms. The van der Waals surface area contributed by atoms with Crippen LogP contribution in [0.4, 0.5) is 0 Å². The van der Waals surface area contributed by atoms with E-state index < -0.39 is 0 Å². The number of benzene rings is 2. The maximum absolute atomic E-state index is 12.8. The van der Waals surface area contributed by atoms with Crippen LogP contribution in [0.1, 0.15) is 64.4 Å². The van der Waals surface area contributed by atoms with Crippen LogP contribution in [0.15, 0.2) is 48.5 Å². The maximum Gasteiger partial charge on any atom is 0.254 e. The van der Waals surface area contributed by atoms with E-state index in [4.69, 9.17) is 0 Å². The summed E-state index contributed by atoms with van der Waals surface area (Å²) in [5.74, 6) is -0.0462. The highest BCUT2D eigenvalue weighted by Gasteiger charge is 2.26. The van der Waals surface area contributed by atoms with Crippen LogP contribution >= 0.6 is 0 Å². The van der Waals surface area contributed by atoms with Crippen molar-refractivity contribution in [1.82, 2.24) is 10.2 Å². The predicted molar refractivity (Wildman–Crippen MR) is 108 cm³/mol. The molecule has 2 aromatic rings. The largest absolute Gasteiger partial charge is 0.348 e. The number of rotatable bonds is 5. The molecule has 3 rings (SSSR count). The fourth-order valence-corrected chi connectivity index (χ4v) is 3.71. The minimum atomic E-state index is -0.123. The van der Waals surface area contributed by atoms with Crippen LogP contribution in [0.2, 0.25) is 0 Å². The quantitative estimate of drug-likeness (QED) is 0.858. The van der Waals surface area contributed by atoms with Crippen molar-refractivity contribution >= 4 is 11.8 Å². The van der Waals surface area contributed by atoms with Crippen molar-refractivity contribution in [2.75, 3.05) is 6.54 Å². The second-order valence-electron chi connectivity index (χ2n) is 7.24. The Bertz CT molecular complexity index is 798. The molecule has 142 valence electrons. The topological polar surface area (TPSA) is 49.4 Å². The molecule has 1 fully saturated rings. The van der Waals surface area contributed by atoms with Crippen molar-refractivity contribution in [3.8, 4) is 0 Å². The molecule has 1 N–H and O–H groups in total. The van der Waals surface area contributed by atoms with Gasteiger partial charge in [-0.25, -0.2) is 0 Å². The first kappa shape index (κ1) is 19.2. The van der Waals surface area contributed by atoms with Crippen molar-refractivity contribution < 1.29 is 9.59 Å². The summed E-state index contributed by atoms with van der Waals surface area (Å²) in [6, 6.07) is 15.4. The molecule has 2 aromatic carbocycles. The van der Waals surface area contributed by atoms with Gasteiger partial charge in [0.25, 0.3) is 11.8 Å². The Labute approximate surface area is 161 Å². The standard InChI is InChI=1S/C23H28N2O2/c1-3-21-10-6-7-15-25(21)23(27)19-13-11-18(12-14-19)22(26)24-16-20-9-5-4-8-17(20)2/h4-5,8-9,11-14,21H,3,6-7,10,15-16H2,1-2H3,(H,24,26). The second kappa shape index (κ2) is 8.85. The maximum atomic E-state index is 12.8. The zero-order valence-electron chi connectivity index (χ0n) is 16.2. The van der Waals surface area contributed by atoms with Gasteiger partial charge in [-0.1, -0.05) is 31.2 Å². The fraction of sp³-hybridized carbons (Fsp3) is 0.391. The Morgan fingerprint density at radius 2 is 1.74 bits per heavy atom. The molecule has 1 atom stereocenters. The Hall–Kier alpha value is -2.62. The van der Waals surface area contributed by atoms with Gasteiger partial charge < -0.3 is 10.2 Å².